The van der Waals surface area contributed by atoms with Gasteiger partial charge in [-0.15, -0.1) is 0 Å². The standard InChI is InChI=1S/C15H9BrF2O/c16-13-3-1-2-12(10-13)5-4-11-6-8-14(9-7-11)19-15(17)18/h1-3,6-10,15H. The van der Waals surface area contributed by atoms with E-state index in [1.807, 2.05) is 24.3 Å². The molecular formula is C15H9BrF2O. The van der Waals surface area contributed by atoms with Crippen molar-refractivity contribution in [2.24, 2.45) is 0 Å². The lowest BCUT2D eigenvalue weighted by Crippen LogP contribution is -2.01. The van der Waals surface area contributed by atoms with Gasteiger partial charge in [-0.1, -0.05) is 33.8 Å². The van der Waals surface area contributed by atoms with Crippen molar-refractivity contribution in [3.63, 3.8) is 0 Å². The summed E-state index contributed by atoms with van der Waals surface area (Å²) in [6.07, 6.45) is 0. The van der Waals surface area contributed by atoms with Gasteiger partial charge in [0.05, 0.1) is 0 Å². The Kier molecular flexibility index (Phi) is 4.53. The van der Waals surface area contributed by atoms with Crippen molar-refractivity contribution < 1.29 is 13.5 Å². The molecule has 0 radical (unpaired) electrons. The van der Waals surface area contributed by atoms with E-state index in [9.17, 15) is 8.78 Å². The first kappa shape index (κ1) is 13.6. The topological polar surface area (TPSA) is 9.23 Å². The summed E-state index contributed by atoms with van der Waals surface area (Å²) in [4.78, 5) is 0. The molecule has 96 valence electrons. The van der Waals surface area contributed by atoms with Gasteiger partial charge in [0.2, 0.25) is 0 Å². The molecule has 0 spiro atoms. The number of benzene rings is 2. The highest BCUT2D eigenvalue weighted by Gasteiger charge is 2.02. The molecule has 0 amide bonds. The third-order valence-electron chi connectivity index (χ3n) is 2.26. The molecule has 0 atom stereocenters. The van der Waals surface area contributed by atoms with Gasteiger partial charge in [-0.25, -0.2) is 0 Å². The highest BCUT2D eigenvalue weighted by Crippen LogP contribution is 2.15. The average molecular weight is 323 g/mol. The molecule has 0 heterocycles. The Morgan fingerprint density at radius 2 is 1.63 bits per heavy atom. The summed E-state index contributed by atoms with van der Waals surface area (Å²) in [5, 5.41) is 0. The van der Waals surface area contributed by atoms with Crippen LogP contribution in [-0.2, 0) is 0 Å². The van der Waals surface area contributed by atoms with Crippen molar-refractivity contribution in [3.05, 3.63) is 64.1 Å². The number of ether oxygens (including phenoxy) is 1. The fourth-order valence-electron chi connectivity index (χ4n) is 1.43. The van der Waals surface area contributed by atoms with Crippen molar-refractivity contribution in [1.29, 1.82) is 0 Å². The maximum absolute atomic E-state index is 12.0. The van der Waals surface area contributed by atoms with E-state index in [-0.39, 0.29) is 5.75 Å². The van der Waals surface area contributed by atoms with Gasteiger partial charge in [-0.2, -0.15) is 8.78 Å². The minimum atomic E-state index is -2.81. The zero-order valence-corrected chi connectivity index (χ0v) is 11.3. The predicted molar refractivity (Wildman–Crippen MR) is 73.2 cm³/mol. The predicted octanol–water partition coefficient (Wildman–Crippen LogP) is 4.45. The van der Waals surface area contributed by atoms with Crippen molar-refractivity contribution in [2.75, 3.05) is 0 Å². The van der Waals surface area contributed by atoms with E-state index in [4.69, 9.17) is 0 Å². The zero-order valence-electron chi connectivity index (χ0n) is 9.74. The largest absolute Gasteiger partial charge is 0.435 e. The molecule has 4 heteroatoms. The van der Waals surface area contributed by atoms with Crippen LogP contribution in [0.25, 0.3) is 0 Å². The molecule has 0 aliphatic carbocycles. The molecule has 0 saturated carbocycles. The molecule has 2 aromatic rings. The van der Waals surface area contributed by atoms with Crippen molar-refractivity contribution in [1.82, 2.24) is 0 Å². The number of alkyl halides is 2. The van der Waals surface area contributed by atoms with Crippen LogP contribution in [0.2, 0.25) is 0 Å². The molecule has 2 aromatic carbocycles. The van der Waals surface area contributed by atoms with Crippen molar-refractivity contribution in [2.45, 2.75) is 6.61 Å². The molecule has 0 aliphatic rings. The fraction of sp³-hybridized carbons (Fsp3) is 0.0667. The first-order valence-electron chi connectivity index (χ1n) is 5.46. The molecule has 0 fully saturated rings. The van der Waals surface area contributed by atoms with Gasteiger partial charge in [0.15, 0.2) is 0 Å². The van der Waals surface area contributed by atoms with Crippen LogP contribution in [0, 0.1) is 11.8 Å². The first-order valence-corrected chi connectivity index (χ1v) is 6.25. The van der Waals surface area contributed by atoms with Crippen LogP contribution >= 0.6 is 15.9 Å². The van der Waals surface area contributed by atoms with Gasteiger partial charge >= 0.3 is 6.61 Å². The van der Waals surface area contributed by atoms with Gasteiger partial charge < -0.3 is 4.74 Å². The van der Waals surface area contributed by atoms with E-state index < -0.39 is 6.61 Å². The maximum atomic E-state index is 12.0. The van der Waals surface area contributed by atoms with Gasteiger partial charge in [0.25, 0.3) is 0 Å². The van der Waals surface area contributed by atoms with Gasteiger partial charge in [-0.05, 0) is 42.5 Å². The number of rotatable bonds is 2. The lowest BCUT2D eigenvalue weighted by Gasteiger charge is -2.03. The molecule has 0 N–H and O–H groups in total. The number of hydrogen-bond acceptors (Lipinski definition) is 1. The second-order valence-corrected chi connectivity index (χ2v) is 4.58. The summed E-state index contributed by atoms with van der Waals surface area (Å²) in [7, 11) is 0. The van der Waals surface area contributed by atoms with Crippen molar-refractivity contribution >= 4 is 15.9 Å². The molecule has 0 aromatic heterocycles. The summed E-state index contributed by atoms with van der Waals surface area (Å²) in [5.41, 5.74) is 1.61. The normalized spacial score (nSPS) is 9.89. The number of hydrogen-bond donors (Lipinski definition) is 0. The Balaban J connectivity index is 2.12. The summed E-state index contributed by atoms with van der Waals surface area (Å²) in [6.45, 7) is -2.81. The fourth-order valence-corrected chi connectivity index (χ4v) is 1.83. The van der Waals surface area contributed by atoms with E-state index in [2.05, 4.69) is 32.5 Å². The highest BCUT2D eigenvalue weighted by atomic mass is 79.9. The summed E-state index contributed by atoms with van der Waals surface area (Å²) in [5.74, 6) is 6.08. The maximum Gasteiger partial charge on any atom is 0.387 e. The lowest BCUT2D eigenvalue weighted by atomic mass is 10.2. The Morgan fingerprint density at radius 3 is 2.26 bits per heavy atom. The minimum Gasteiger partial charge on any atom is -0.435 e. The van der Waals surface area contributed by atoms with Crippen LogP contribution in [0.4, 0.5) is 8.78 Å². The van der Waals surface area contributed by atoms with Crippen LogP contribution in [0.1, 0.15) is 11.1 Å². The van der Waals surface area contributed by atoms with E-state index in [0.29, 0.717) is 0 Å². The van der Waals surface area contributed by atoms with Crippen LogP contribution in [0.3, 0.4) is 0 Å². The molecular weight excluding hydrogens is 314 g/mol. The van der Waals surface area contributed by atoms with Crippen molar-refractivity contribution in [3.8, 4) is 17.6 Å². The summed E-state index contributed by atoms with van der Waals surface area (Å²) >= 11 is 3.37. The second kappa shape index (κ2) is 6.35. The molecule has 0 bridgehead atoms. The first-order chi connectivity index (χ1) is 9.13. The molecule has 2 rings (SSSR count). The zero-order chi connectivity index (χ0) is 13.7. The summed E-state index contributed by atoms with van der Waals surface area (Å²) in [6, 6.07) is 13.8. The van der Waals surface area contributed by atoms with Crippen LogP contribution in [-0.4, -0.2) is 6.61 Å². The van der Waals surface area contributed by atoms with Crippen LogP contribution in [0.5, 0.6) is 5.75 Å². The Bertz CT molecular complexity index is 612. The van der Waals surface area contributed by atoms with E-state index in [1.54, 1.807) is 12.1 Å². The highest BCUT2D eigenvalue weighted by molar-refractivity contribution is 9.10. The molecule has 0 saturated heterocycles. The Morgan fingerprint density at radius 1 is 0.947 bits per heavy atom. The molecule has 19 heavy (non-hydrogen) atoms. The SMILES string of the molecule is FC(F)Oc1ccc(C#Cc2cccc(Br)c2)cc1. The van der Waals surface area contributed by atoms with Crippen LogP contribution < -0.4 is 4.74 Å². The van der Waals surface area contributed by atoms with Gasteiger partial charge in [-0.3, -0.25) is 0 Å². The monoisotopic (exact) mass is 322 g/mol. The average Bonchev–Trinajstić information content (AvgIpc) is 2.37. The lowest BCUT2D eigenvalue weighted by molar-refractivity contribution is -0.0498. The molecule has 1 nitrogen and oxygen atoms in total. The third kappa shape index (κ3) is 4.38. The third-order valence-corrected chi connectivity index (χ3v) is 2.75. The van der Waals surface area contributed by atoms with E-state index in [0.717, 1.165) is 15.6 Å². The molecule has 0 unspecified atom stereocenters. The van der Waals surface area contributed by atoms with E-state index >= 15 is 0 Å². The van der Waals surface area contributed by atoms with E-state index in [1.165, 1.54) is 12.1 Å². The van der Waals surface area contributed by atoms with Crippen LogP contribution in [0.15, 0.2) is 53.0 Å². The van der Waals surface area contributed by atoms with Gasteiger partial charge in [0, 0.05) is 15.6 Å². The smallest absolute Gasteiger partial charge is 0.387 e. The number of halogens is 3. The quantitative estimate of drug-likeness (QED) is 0.742. The minimum absolute atomic E-state index is 0.128. The molecule has 0 aliphatic heterocycles. The Labute approximate surface area is 118 Å². The Hall–Kier alpha value is -1.86. The van der Waals surface area contributed by atoms with Gasteiger partial charge in [0.1, 0.15) is 5.75 Å². The second-order valence-electron chi connectivity index (χ2n) is 3.66. The summed E-state index contributed by atoms with van der Waals surface area (Å²) < 4.78 is 29.2.